The molecule has 0 heterocycles. The number of thiocarbonyl (C=S) groups is 1. The monoisotopic (exact) mass is 339 g/mol. The Kier molecular flexibility index (Phi) is 6.37. The summed E-state index contributed by atoms with van der Waals surface area (Å²) >= 11 is 6.61. The van der Waals surface area contributed by atoms with Crippen LogP contribution in [0, 0.1) is 0 Å². The Balaban J connectivity index is 2.88. The van der Waals surface area contributed by atoms with Crippen LogP contribution in [-0.4, -0.2) is 27.7 Å². The predicted octanol–water partition coefficient (Wildman–Crippen LogP) is 2.06. The van der Waals surface area contributed by atoms with E-state index < -0.39 is 11.9 Å². The van der Waals surface area contributed by atoms with Crippen molar-refractivity contribution >= 4 is 40.1 Å². The first-order valence-electron chi connectivity index (χ1n) is 6.79. The Morgan fingerprint density at radius 1 is 1.27 bits per heavy atom. The summed E-state index contributed by atoms with van der Waals surface area (Å²) in [7, 11) is 0. The van der Waals surface area contributed by atoms with Crippen LogP contribution in [0.3, 0.4) is 0 Å². The van der Waals surface area contributed by atoms with E-state index in [9.17, 15) is 9.59 Å². The molecule has 4 N–H and O–H groups in total. The molecule has 5 nitrogen and oxygen atoms in total. The molecule has 2 amide bonds. The van der Waals surface area contributed by atoms with E-state index in [1.165, 1.54) is 11.8 Å². The zero-order chi connectivity index (χ0) is 16.9. The van der Waals surface area contributed by atoms with Gasteiger partial charge in [-0.2, -0.15) is 0 Å². The second kappa shape index (κ2) is 7.60. The van der Waals surface area contributed by atoms with Crippen molar-refractivity contribution in [3.8, 4) is 0 Å². The first kappa shape index (κ1) is 18.4. The van der Waals surface area contributed by atoms with E-state index in [2.05, 4.69) is 10.6 Å². The SMILES string of the molecule is C[C@H](NC(=O)c1ccccc1SC(=S)NC(C)(C)C)C(N)=O. The lowest BCUT2D eigenvalue weighted by molar-refractivity contribution is -0.119. The van der Waals surface area contributed by atoms with Crippen LogP contribution in [0.2, 0.25) is 0 Å². The van der Waals surface area contributed by atoms with E-state index in [0.29, 0.717) is 9.88 Å². The molecule has 0 fully saturated rings. The maximum atomic E-state index is 12.3. The minimum Gasteiger partial charge on any atom is -0.368 e. The van der Waals surface area contributed by atoms with Gasteiger partial charge in [0.15, 0.2) is 0 Å². The lowest BCUT2D eigenvalue weighted by atomic mass is 10.1. The van der Waals surface area contributed by atoms with Crippen molar-refractivity contribution in [2.24, 2.45) is 5.73 Å². The maximum absolute atomic E-state index is 12.3. The molecule has 0 aromatic heterocycles. The summed E-state index contributed by atoms with van der Waals surface area (Å²) in [6, 6.07) is 6.35. The van der Waals surface area contributed by atoms with Gasteiger partial charge in [-0.1, -0.05) is 36.1 Å². The van der Waals surface area contributed by atoms with Gasteiger partial charge in [0.05, 0.1) is 5.56 Å². The van der Waals surface area contributed by atoms with Crippen LogP contribution in [0.15, 0.2) is 29.2 Å². The molecule has 7 heteroatoms. The molecular weight excluding hydrogens is 318 g/mol. The van der Waals surface area contributed by atoms with Crippen LogP contribution in [0.25, 0.3) is 0 Å². The Hall–Kier alpha value is -1.60. The minimum atomic E-state index is -0.731. The summed E-state index contributed by atoms with van der Waals surface area (Å²) in [5.41, 5.74) is 5.47. The molecule has 1 atom stereocenters. The van der Waals surface area contributed by atoms with Gasteiger partial charge in [0.2, 0.25) is 5.91 Å². The Bertz CT molecular complexity index is 582. The fraction of sp³-hybridized carbons (Fsp3) is 0.400. The third-order valence-corrected chi connectivity index (χ3v) is 3.80. The van der Waals surface area contributed by atoms with Crippen LogP contribution in [0.5, 0.6) is 0 Å². The standard InChI is InChI=1S/C15H21N3O2S2/c1-9(12(16)19)17-13(20)10-7-5-6-8-11(10)22-14(21)18-15(2,3)4/h5-9H,1-4H3,(H2,16,19)(H,17,20)(H,18,21)/t9-/m0/s1. The highest BCUT2D eigenvalue weighted by Gasteiger charge is 2.18. The Morgan fingerprint density at radius 2 is 1.86 bits per heavy atom. The molecule has 0 radical (unpaired) electrons. The van der Waals surface area contributed by atoms with Crippen LogP contribution in [0.4, 0.5) is 0 Å². The van der Waals surface area contributed by atoms with Gasteiger partial charge in [0.25, 0.3) is 5.91 Å². The summed E-state index contributed by atoms with van der Waals surface area (Å²) in [6.45, 7) is 7.56. The van der Waals surface area contributed by atoms with E-state index in [0.717, 1.165) is 4.90 Å². The molecule has 0 aliphatic rings. The number of hydrogen-bond acceptors (Lipinski definition) is 4. The van der Waals surface area contributed by atoms with Gasteiger partial charge in [-0.25, -0.2) is 0 Å². The van der Waals surface area contributed by atoms with Crippen molar-refractivity contribution in [3.63, 3.8) is 0 Å². The highest BCUT2D eigenvalue weighted by molar-refractivity contribution is 8.23. The van der Waals surface area contributed by atoms with Crippen molar-refractivity contribution in [2.45, 2.75) is 44.2 Å². The van der Waals surface area contributed by atoms with Crippen LogP contribution < -0.4 is 16.4 Å². The van der Waals surface area contributed by atoms with Gasteiger partial charge in [-0.3, -0.25) is 9.59 Å². The zero-order valence-electron chi connectivity index (χ0n) is 13.1. The Labute approximate surface area is 140 Å². The van der Waals surface area contributed by atoms with Crippen LogP contribution in [-0.2, 0) is 4.79 Å². The van der Waals surface area contributed by atoms with Crippen molar-refractivity contribution < 1.29 is 9.59 Å². The number of rotatable bonds is 4. The molecule has 22 heavy (non-hydrogen) atoms. The quantitative estimate of drug-likeness (QED) is 0.577. The van der Waals surface area contributed by atoms with E-state index in [1.807, 2.05) is 32.9 Å². The van der Waals surface area contributed by atoms with Gasteiger partial charge in [-0.15, -0.1) is 0 Å². The summed E-state index contributed by atoms with van der Waals surface area (Å²) in [5, 5.41) is 5.75. The first-order chi connectivity index (χ1) is 10.1. The lowest BCUT2D eigenvalue weighted by Crippen LogP contribution is -2.42. The van der Waals surface area contributed by atoms with Crippen LogP contribution in [0.1, 0.15) is 38.1 Å². The molecule has 120 valence electrons. The second-order valence-corrected chi connectivity index (χ2v) is 7.58. The molecule has 0 aliphatic heterocycles. The normalized spacial score (nSPS) is 12.4. The van der Waals surface area contributed by atoms with E-state index in [1.54, 1.807) is 19.1 Å². The summed E-state index contributed by atoms with van der Waals surface area (Å²) in [6.07, 6.45) is 0. The van der Waals surface area contributed by atoms with E-state index in [-0.39, 0.29) is 11.4 Å². The van der Waals surface area contributed by atoms with Gasteiger partial charge >= 0.3 is 0 Å². The molecule has 0 spiro atoms. The first-order valence-corrected chi connectivity index (χ1v) is 8.02. The average Bonchev–Trinajstić information content (AvgIpc) is 2.36. The molecule has 0 aliphatic carbocycles. The lowest BCUT2D eigenvalue weighted by Gasteiger charge is -2.22. The minimum absolute atomic E-state index is 0.151. The number of carbonyl (C=O) groups excluding carboxylic acids is 2. The van der Waals surface area contributed by atoms with Gasteiger partial charge in [0.1, 0.15) is 10.4 Å². The number of amides is 2. The third kappa shape index (κ3) is 6.03. The Morgan fingerprint density at radius 3 is 2.41 bits per heavy atom. The van der Waals surface area contributed by atoms with Crippen molar-refractivity contribution in [3.05, 3.63) is 29.8 Å². The topological polar surface area (TPSA) is 84.2 Å². The maximum Gasteiger partial charge on any atom is 0.253 e. The van der Waals surface area contributed by atoms with Crippen molar-refractivity contribution in [1.82, 2.24) is 10.6 Å². The number of nitrogens with two attached hydrogens (primary N) is 1. The van der Waals surface area contributed by atoms with Gasteiger partial charge in [0, 0.05) is 10.4 Å². The molecule has 0 saturated heterocycles. The fourth-order valence-electron chi connectivity index (χ4n) is 1.52. The summed E-state index contributed by atoms with van der Waals surface area (Å²) in [4.78, 5) is 24.0. The number of hydrogen-bond donors (Lipinski definition) is 3. The van der Waals surface area contributed by atoms with E-state index in [4.69, 9.17) is 18.0 Å². The molecule has 0 saturated carbocycles. The largest absolute Gasteiger partial charge is 0.368 e. The third-order valence-electron chi connectivity index (χ3n) is 2.59. The van der Waals surface area contributed by atoms with Gasteiger partial charge in [-0.05, 0) is 39.8 Å². The van der Waals surface area contributed by atoms with Crippen molar-refractivity contribution in [2.75, 3.05) is 0 Å². The number of benzene rings is 1. The fourth-order valence-corrected chi connectivity index (χ4v) is 3.07. The average molecular weight is 339 g/mol. The number of carbonyl (C=O) groups is 2. The van der Waals surface area contributed by atoms with Gasteiger partial charge < -0.3 is 16.4 Å². The predicted molar refractivity (Wildman–Crippen MR) is 93.9 cm³/mol. The molecule has 1 aromatic rings. The number of nitrogens with one attached hydrogen (secondary N) is 2. The molecule has 1 rings (SSSR count). The molecule has 0 unspecified atom stereocenters. The molecule has 1 aromatic carbocycles. The summed E-state index contributed by atoms with van der Waals surface area (Å²) < 4.78 is 0.579. The highest BCUT2D eigenvalue weighted by atomic mass is 32.2. The second-order valence-electron chi connectivity index (χ2n) is 5.86. The number of thioether (sulfide) groups is 1. The molecular formula is C15H21N3O2S2. The van der Waals surface area contributed by atoms with E-state index >= 15 is 0 Å². The van der Waals surface area contributed by atoms with Crippen LogP contribution >= 0.6 is 24.0 Å². The smallest absolute Gasteiger partial charge is 0.253 e. The highest BCUT2D eigenvalue weighted by Crippen LogP contribution is 2.24. The molecule has 0 bridgehead atoms. The van der Waals surface area contributed by atoms with Crippen molar-refractivity contribution in [1.29, 1.82) is 0 Å². The number of primary amides is 1. The summed E-state index contributed by atoms with van der Waals surface area (Å²) in [5.74, 6) is -0.934. The zero-order valence-corrected chi connectivity index (χ0v) is 14.7.